The molecule has 0 saturated carbocycles. The summed E-state index contributed by atoms with van der Waals surface area (Å²) in [5.74, 6) is -1.52. The van der Waals surface area contributed by atoms with Gasteiger partial charge in [-0.2, -0.15) is 0 Å². The molecule has 3 atom stereocenters. The van der Waals surface area contributed by atoms with Crippen LogP contribution in [-0.2, 0) is 42.2 Å². The average Bonchev–Trinajstić information content (AvgIpc) is 3.41. The Hall–Kier alpha value is -3.34. The first-order valence-electron chi connectivity index (χ1n) is 30.5. The van der Waals surface area contributed by atoms with Crippen molar-refractivity contribution in [3.63, 3.8) is 0 Å². The fourth-order valence-corrected chi connectivity index (χ4v) is 9.03. The number of aliphatic hydroxyl groups is 1. The lowest BCUT2D eigenvalue weighted by molar-refractivity contribution is -0.161. The van der Waals surface area contributed by atoms with Gasteiger partial charge in [-0.25, -0.2) is 4.57 Å². The maximum atomic E-state index is 12.9. The molecule has 0 radical (unpaired) electrons. The van der Waals surface area contributed by atoms with Crippen LogP contribution in [0, 0.1) is 0 Å². The Morgan fingerprint density at radius 3 is 1.07 bits per heavy atom. The summed E-state index contributed by atoms with van der Waals surface area (Å²) < 4.78 is 39.6. The molecular formula is C64H111O11P. The van der Waals surface area contributed by atoms with Gasteiger partial charge in [0.25, 0.3) is 0 Å². The number of unbranched alkanes of at least 4 members (excludes halogenated alkanes) is 25. The minimum atomic E-state index is -4.76. The first-order valence-corrected chi connectivity index (χ1v) is 32.0. The number of aliphatic hydroxyl groups excluding tert-OH is 1. The zero-order valence-corrected chi connectivity index (χ0v) is 49.3. The Labute approximate surface area is 464 Å². The number of ether oxygens (including phenoxy) is 3. The molecule has 0 aromatic heterocycles. The molecule has 0 amide bonds. The van der Waals surface area contributed by atoms with Crippen LogP contribution in [0.5, 0.6) is 0 Å². The molecule has 0 aliphatic heterocycles. The summed E-state index contributed by atoms with van der Waals surface area (Å²) in [7, 11) is -4.76. The molecule has 3 unspecified atom stereocenters. The zero-order valence-electron chi connectivity index (χ0n) is 48.5. The normalized spacial score (nSPS) is 13.9. The van der Waals surface area contributed by atoms with Crippen molar-refractivity contribution in [2.75, 3.05) is 26.4 Å². The molecule has 0 rings (SSSR count). The molecule has 0 bridgehead atoms. The van der Waals surface area contributed by atoms with Crippen LogP contribution in [0.3, 0.4) is 0 Å². The first kappa shape index (κ1) is 72.7. The van der Waals surface area contributed by atoms with Gasteiger partial charge in [-0.3, -0.25) is 23.4 Å². The Morgan fingerprint density at radius 2 is 0.684 bits per heavy atom. The number of allylic oxidation sites excluding steroid dienone is 14. The van der Waals surface area contributed by atoms with Crippen molar-refractivity contribution in [2.45, 2.75) is 277 Å². The van der Waals surface area contributed by atoms with Gasteiger partial charge in [-0.15, -0.1) is 0 Å². The van der Waals surface area contributed by atoms with Gasteiger partial charge in [0.2, 0.25) is 0 Å². The molecule has 0 spiro atoms. The molecule has 76 heavy (non-hydrogen) atoms. The summed E-state index contributed by atoms with van der Waals surface area (Å²) >= 11 is 0. The topological polar surface area (TPSA) is 155 Å². The average molecular weight is 1090 g/mol. The van der Waals surface area contributed by atoms with E-state index in [2.05, 4.69) is 106 Å². The van der Waals surface area contributed by atoms with Crippen molar-refractivity contribution in [2.24, 2.45) is 0 Å². The summed E-state index contributed by atoms with van der Waals surface area (Å²) in [5.41, 5.74) is 0. The van der Waals surface area contributed by atoms with Crippen molar-refractivity contribution in [3.8, 4) is 0 Å². The second-order valence-corrected chi connectivity index (χ2v) is 21.6. The number of carbonyl (C=O) groups excluding carboxylic acids is 3. The lowest BCUT2D eigenvalue weighted by Gasteiger charge is -2.21. The maximum absolute atomic E-state index is 12.9. The molecule has 0 aliphatic rings. The number of hydrogen-bond donors (Lipinski definition) is 2. The van der Waals surface area contributed by atoms with Crippen LogP contribution in [-0.4, -0.2) is 66.5 Å². The van der Waals surface area contributed by atoms with Crippen molar-refractivity contribution < 1.29 is 52.2 Å². The van der Waals surface area contributed by atoms with Crippen LogP contribution in [0.4, 0.5) is 0 Å². The van der Waals surface area contributed by atoms with Crippen LogP contribution in [0.25, 0.3) is 0 Å². The molecule has 0 fully saturated rings. The van der Waals surface area contributed by atoms with E-state index in [-0.39, 0.29) is 25.9 Å². The zero-order chi connectivity index (χ0) is 55.5. The van der Waals surface area contributed by atoms with E-state index in [0.717, 1.165) is 109 Å². The number of phosphoric ester groups is 1. The van der Waals surface area contributed by atoms with Crippen molar-refractivity contribution in [1.29, 1.82) is 0 Å². The van der Waals surface area contributed by atoms with E-state index in [0.29, 0.717) is 19.3 Å². The van der Waals surface area contributed by atoms with Gasteiger partial charge >= 0.3 is 25.7 Å². The quantitative estimate of drug-likeness (QED) is 0.0197. The third kappa shape index (κ3) is 55.4. The minimum Gasteiger partial charge on any atom is -0.462 e. The number of phosphoric acid groups is 1. The van der Waals surface area contributed by atoms with Gasteiger partial charge in [0.15, 0.2) is 6.10 Å². The van der Waals surface area contributed by atoms with E-state index in [1.807, 2.05) is 0 Å². The second kappa shape index (κ2) is 57.8. The van der Waals surface area contributed by atoms with Gasteiger partial charge in [0.1, 0.15) is 12.7 Å². The lowest BCUT2D eigenvalue weighted by atomic mass is 10.0. The van der Waals surface area contributed by atoms with Crippen molar-refractivity contribution in [1.82, 2.24) is 0 Å². The van der Waals surface area contributed by atoms with Crippen LogP contribution in [0.15, 0.2) is 85.1 Å². The highest BCUT2D eigenvalue weighted by molar-refractivity contribution is 7.47. The van der Waals surface area contributed by atoms with E-state index in [4.69, 9.17) is 23.3 Å². The summed E-state index contributed by atoms with van der Waals surface area (Å²) in [6, 6.07) is 0. The molecule has 2 N–H and O–H groups in total. The van der Waals surface area contributed by atoms with Crippen molar-refractivity contribution in [3.05, 3.63) is 85.1 Å². The second-order valence-electron chi connectivity index (χ2n) is 20.1. The fraction of sp³-hybridized carbons (Fsp3) is 0.734. The molecule has 438 valence electrons. The molecule has 0 aromatic carbocycles. The highest BCUT2D eigenvalue weighted by Gasteiger charge is 2.28. The largest absolute Gasteiger partial charge is 0.472 e. The number of hydrogen-bond acceptors (Lipinski definition) is 10. The smallest absolute Gasteiger partial charge is 0.462 e. The summed E-state index contributed by atoms with van der Waals surface area (Å²) in [6.07, 6.45) is 66.9. The predicted octanol–water partition coefficient (Wildman–Crippen LogP) is 18.3. The van der Waals surface area contributed by atoms with E-state index in [1.165, 1.54) is 96.3 Å². The van der Waals surface area contributed by atoms with Gasteiger partial charge in [-0.05, 0) is 89.9 Å². The van der Waals surface area contributed by atoms with Gasteiger partial charge < -0.3 is 24.2 Å². The highest BCUT2D eigenvalue weighted by atomic mass is 31.2. The molecule has 11 nitrogen and oxygen atoms in total. The Kier molecular flexibility index (Phi) is 55.3. The third-order valence-corrected chi connectivity index (χ3v) is 13.8. The highest BCUT2D eigenvalue weighted by Crippen LogP contribution is 2.43. The standard InChI is InChI=1S/C64H111O11P/c1-4-7-10-13-16-19-22-25-27-29-30-32-34-37-40-43-46-49-52-55-64(68)75-61(57-71-62(66)53-50-47-44-41-38-35-24-21-18-15-12-9-6-3)59-73-76(69,70)72-58-60(56-65)74-63(67)54-51-48-45-42-39-36-33-31-28-26-23-20-17-14-11-8-5-2/h8-9,11-12,17-18,20-21,26,28,33,35-36,38,60-61,65H,4-7,10,13-16,19,22-25,27,29-32,34,37,39-59H2,1-3H3,(H,69,70)/b11-8-,12-9-,20-17-,21-18-,28-26-,36-33-,38-35-. The first-order chi connectivity index (χ1) is 37.2. The third-order valence-electron chi connectivity index (χ3n) is 12.8. The monoisotopic (exact) mass is 1090 g/mol. The molecule has 0 aromatic rings. The van der Waals surface area contributed by atoms with Crippen molar-refractivity contribution >= 4 is 25.7 Å². The Morgan fingerprint density at radius 1 is 0.382 bits per heavy atom. The minimum absolute atomic E-state index is 0.145. The number of rotatable bonds is 56. The summed E-state index contributed by atoms with van der Waals surface area (Å²) in [6.45, 7) is 4.38. The molecular weight excluding hydrogens is 976 g/mol. The number of esters is 3. The Bertz CT molecular complexity index is 1600. The SMILES string of the molecule is CC/C=C\C/C=C\C/C=C\C/C=C\CCCCCCC(=O)OC(CO)COP(=O)(O)OCC(COC(=O)CCCCC/C=C\C/C=C\C/C=C\CC)OC(=O)CCCCCCCCCCCCCCCCCCCCC. The summed E-state index contributed by atoms with van der Waals surface area (Å²) in [4.78, 5) is 48.6. The Balaban J connectivity index is 4.71. The van der Waals surface area contributed by atoms with Gasteiger partial charge in [-0.1, -0.05) is 241 Å². The van der Waals surface area contributed by atoms with Gasteiger partial charge in [0.05, 0.1) is 19.8 Å². The van der Waals surface area contributed by atoms with Crippen LogP contribution >= 0.6 is 7.82 Å². The predicted molar refractivity (Wildman–Crippen MR) is 316 cm³/mol. The lowest BCUT2D eigenvalue weighted by Crippen LogP contribution is -2.30. The van der Waals surface area contributed by atoms with E-state index >= 15 is 0 Å². The van der Waals surface area contributed by atoms with Gasteiger partial charge in [0, 0.05) is 19.3 Å². The summed E-state index contributed by atoms with van der Waals surface area (Å²) in [5, 5.41) is 9.83. The number of carbonyl (C=O) groups is 3. The fourth-order valence-electron chi connectivity index (χ4n) is 8.25. The van der Waals surface area contributed by atoms with E-state index in [1.54, 1.807) is 0 Å². The van der Waals surface area contributed by atoms with Crippen LogP contribution in [0.2, 0.25) is 0 Å². The van der Waals surface area contributed by atoms with Crippen LogP contribution < -0.4 is 0 Å². The molecule has 0 saturated heterocycles. The maximum Gasteiger partial charge on any atom is 0.472 e. The molecule has 0 heterocycles. The molecule has 12 heteroatoms. The van der Waals surface area contributed by atoms with Crippen LogP contribution in [0.1, 0.15) is 265 Å². The van der Waals surface area contributed by atoms with E-state index in [9.17, 15) is 28.9 Å². The van der Waals surface area contributed by atoms with E-state index < -0.39 is 57.8 Å². The molecule has 0 aliphatic carbocycles.